The number of ether oxygens (including phenoxy) is 1. The Morgan fingerprint density at radius 2 is 1.79 bits per heavy atom. The zero-order valence-corrected chi connectivity index (χ0v) is 23.1. The van der Waals surface area contributed by atoms with Crippen molar-refractivity contribution in [2.45, 2.75) is 31.3 Å². The first kappa shape index (κ1) is 26.2. The highest BCUT2D eigenvalue weighted by atomic mass is 32.2. The standard InChI is InChI=1S/C30H30N6O2S/c1-30(2,3)22-11-9-20(10-12-22)28-34-35-29(36(28)23-13-15-24(38-4)16-14-23)39-19-27(37)33-32-18-21-17-31-26-8-6-5-7-25(21)26/h5-18,31H,19H2,1-4H3,(H,33,37)/b32-18-. The van der Waals surface area contributed by atoms with Crippen LogP contribution in [0.15, 0.2) is 89.3 Å². The summed E-state index contributed by atoms with van der Waals surface area (Å²) in [5.41, 5.74) is 7.62. The third-order valence-corrected chi connectivity index (χ3v) is 7.25. The summed E-state index contributed by atoms with van der Waals surface area (Å²) in [6.45, 7) is 6.56. The molecule has 0 aliphatic carbocycles. The molecule has 0 fully saturated rings. The quantitative estimate of drug-likeness (QED) is 0.144. The first-order chi connectivity index (χ1) is 18.8. The highest BCUT2D eigenvalue weighted by Crippen LogP contribution is 2.30. The first-order valence-corrected chi connectivity index (χ1v) is 13.5. The smallest absolute Gasteiger partial charge is 0.250 e. The Hall–Kier alpha value is -4.37. The second-order valence-electron chi connectivity index (χ2n) is 10.0. The minimum Gasteiger partial charge on any atom is -0.497 e. The average Bonchev–Trinajstić information content (AvgIpc) is 3.56. The molecule has 0 unspecified atom stereocenters. The van der Waals surface area contributed by atoms with Crippen molar-refractivity contribution in [1.29, 1.82) is 0 Å². The van der Waals surface area contributed by atoms with Gasteiger partial charge in [0.1, 0.15) is 5.75 Å². The minimum absolute atomic E-state index is 0.0488. The van der Waals surface area contributed by atoms with Crippen molar-refractivity contribution in [3.05, 3.63) is 90.1 Å². The van der Waals surface area contributed by atoms with Gasteiger partial charge in [-0.05, 0) is 41.3 Å². The van der Waals surface area contributed by atoms with Gasteiger partial charge in [-0.15, -0.1) is 10.2 Å². The number of aromatic nitrogens is 4. The van der Waals surface area contributed by atoms with E-state index in [4.69, 9.17) is 4.74 Å². The normalized spacial score (nSPS) is 11.8. The highest BCUT2D eigenvalue weighted by molar-refractivity contribution is 7.99. The lowest BCUT2D eigenvalue weighted by molar-refractivity contribution is -0.118. The molecule has 9 heteroatoms. The van der Waals surface area contributed by atoms with E-state index in [-0.39, 0.29) is 17.1 Å². The van der Waals surface area contributed by atoms with Crippen molar-refractivity contribution in [1.82, 2.24) is 25.2 Å². The summed E-state index contributed by atoms with van der Waals surface area (Å²) in [7, 11) is 1.64. The predicted octanol–water partition coefficient (Wildman–Crippen LogP) is 5.96. The number of amides is 1. The fourth-order valence-corrected chi connectivity index (χ4v) is 4.91. The van der Waals surface area contributed by atoms with E-state index in [1.54, 1.807) is 13.3 Å². The van der Waals surface area contributed by atoms with Crippen LogP contribution in [-0.4, -0.2) is 44.7 Å². The average molecular weight is 539 g/mol. The summed E-state index contributed by atoms with van der Waals surface area (Å²) >= 11 is 1.30. The summed E-state index contributed by atoms with van der Waals surface area (Å²) in [6, 6.07) is 24.0. The Bertz CT molecular complexity index is 1610. The Morgan fingerprint density at radius 1 is 1.05 bits per heavy atom. The summed E-state index contributed by atoms with van der Waals surface area (Å²) in [6.07, 6.45) is 3.50. The van der Waals surface area contributed by atoms with Crippen LogP contribution in [0.2, 0.25) is 0 Å². The molecule has 0 atom stereocenters. The van der Waals surface area contributed by atoms with Gasteiger partial charge in [0.15, 0.2) is 11.0 Å². The summed E-state index contributed by atoms with van der Waals surface area (Å²) in [4.78, 5) is 15.8. The molecule has 0 saturated heterocycles. The van der Waals surface area contributed by atoms with Gasteiger partial charge in [-0.25, -0.2) is 5.43 Å². The molecule has 1 amide bonds. The number of thioether (sulfide) groups is 1. The molecule has 5 rings (SSSR count). The lowest BCUT2D eigenvalue weighted by Crippen LogP contribution is -2.20. The fraction of sp³-hybridized carbons (Fsp3) is 0.200. The number of rotatable bonds is 8. The maximum Gasteiger partial charge on any atom is 0.250 e. The number of benzene rings is 3. The Kier molecular flexibility index (Phi) is 7.51. The molecule has 0 spiro atoms. The third-order valence-electron chi connectivity index (χ3n) is 6.32. The van der Waals surface area contributed by atoms with Crippen LogP contribution in [0.25, 0.3) is 28.0 Å². The molecule has 8 nitrogen and oxygen atoms in total. The van der Waals surface area contributed by atoms with Crippen LogP contribution in [0, 0.1) is 0 Å². The van der Waals surface area contributed by atoms with Crippen LogP contribution in [-0.2, 0) is 10.2 Å². The molecule has 198 valence electrons. The number of nitrogens with one attached hydrogen (secondary N) is 2. The van der Waals surface area contributed by atoms with Gasteiger partial charge < -0.3 is 9.72 Å². The zero-order valence-electron chi connectivity index (χ0n) is 22.3. The van der Waals surface area contributed by atoms with E-state index in [9.17, 15) is 4.79 Å². The molecule has 0 bridgehead atoms. The van der Waals surface area contributed by atoms with Crippen molar-refractivity contribution >= 4 is 34.8 Å². The van der Waals surface area contributed by atoms with Gasteiger partial charge in [0, 0.05) is 33.9 Å². The minimum atomic E-state index is -0.239. The number of nitrogens with zero attached hydrogens (tertiary/aromatic N) is 4. The fourth-order valence-electron chi connectivity index (χ4n) is 4.17. The van der Waals surface area contributed by atoms with E-state index in [0.717, 1.165) is 33.5 Å². The number of carbonyl (C=O) groups excluding carboxylic acids is 1. The van der Waals surface area contributed by atoms with Crippen LogP contribution < -0.4 is 10.2 Å². The SMILES string of the molecule is COc1ccc(-n2c(SCC(=O)N/N=C\c3c[nH]c4ccccc34)nnc2-c2ccc(C(C)(C)C)cc2)cc1. The van der Waals surface area contributed by atoms with Gasteiger partial charge in [0.05, 0.1) is 19.1 Å². The predicted molar refractivity (Wildman–Crippen MR) is 157 cm³/mol. The molecule has 2 aromatic heterocycles. The number of methoxy groups -OCH3 is 1. The van der Waals surface area contributed by atoms with Gasteiger partial charge in [-0.3, -0.25) is 9.36 Å². The van der Waals surface area contributed by atoms with Crippen LogP contribution in [0.3, 0.4) is 0 Å². The molecule has 2 heterocycles. The molecule has 0 aliphatic rings. The van der Waals surface area contributed by atoms with E-state index in [2.05, 4.69) is 70.7 Å². The monoisotopic (exact) mass is 538 g/mol. The molecular formula is C30H30N6O2S. The molecule has 0 radical (unpaired) electrons. The van der Waals surface area contributed by atoms with Gasteiger partial charge in [0.25, 0.3) is 5.91 Å². The van der Waals surface area contributed by atoms with E-state index in [1.165, 1.54) is 17.3 Å². The Morgan fingerprint density at radius 3 is 2.51 bits per heavy atom. The number of carbonyl (C=O) groups is 1. The van der Waals surface area contributed by atoms with Crippen molar-refractivity contribution in [2.24, 2.45) is 5.10 Å². The van der Waals surface area contributed by atoms with E-state index < -0.39 is 0 Å². The maximum absolute atomic E-state index is 12.6. The second kappa shape index (κ2) is 11.2. The van der Waals surface area contributed by atoms with Crippen molar-refractivity contribution in [3.8, 4) is 22.8 Å². The van der Waals surface area contributed by atoms with Gasteiger partial charge >= 0.3 is 0 Å². The largest absolute Gasteiger partial charge is 0.497 e. The van der Waals surface area contributed by atoms with Gasteiger partial charge in [-0.1, -0.05) is 75.0 Å². The molecule has 3 aromatic carbocycles. The number of aromatic amines is 1. The van der Waals surface area contributed by atoms with Gasteiger partial charge in [0.2, 0.25) is 0 Å². The number of hydrogen-bond donors (Lipinski definition) is 2. The number of hydrazone groups is 1. The summed E-state index contributed by atoms with van der Waals surface area (Å²) < 4.78 is 7.29. The Balaban J connectivity index is 1.35. The lowest BCUT2D eigenvalue weighted by Gasteiger charge is -2.19. The van der Waals surface area contributed by atoms with E-state index >= 15 is 0 Å². The molecule has 0 aliphatic heterocycles. The molecule has 0 saturated carbocycles. The number of fused-ring (bicyclic) bond motifs is 1. The van der Waals surface area contributed by atoms with Crippen molar-refractivity contribution < 1.29 is 9.53 Å². The lowest BCUT2D eigenvalue weighted by atomic mass is 9.87. The zero-order chi connectivity index (χ0) is 27.4. The van der Waals surface area contributed by atoms with E-state index in [1.807, 2.05) is 59.3 Å². The van der Waals surface area contributed by atoms with Gasteiger partial charge in [-0.2, -0.15) is 5.10 Å². The molecule has 2 N–H and O–H groups in total. The second-order valence-corrected chi connectivity index (χ2v) is 11.0. The van der Waals surface area contributed by atoms with Crippen molar-refractivity contribution in [2.75, 3.05) is 12.9 Å². The molecule has 39 heavy (non-hydrogen) atoms. The number of para-hydroxylation sites is 1. The topological polar surface area (TPSA) is 97.2 Å². The first-order valence-electron chi connectivity index (χ1n) is 12.5. The number of hydrogen-bond acceptors (Lipinski definition) is 6. The highest BCUT2D eigenvalue weighted by Gasteiger charge is 2.19. The van der Waals surface area contributed by atoms with Crippen LogP contribution in [0.5, 0.6) is 5.75 Å². The van der Waals surface area contributed by atoms with Crippen LogP contribution in [0.4, 0.5) is 0 Å². The van der Waals surface area contributed by atoms with Crippen LogP contribution in [0.1, 0.15) is 31.9 Å². The number of H-pyrrole nitrogens is 1. The third kappa shape index (κ3) is 5.88. The van der Waals surface area contributed by atoms with Crippen molar-refractivity contribution in [3.63, 3.8) is 0 Å². The summed E-state index contributed by atoms with van der Waals surface area (Å²) in [5.74, 6) is 1.34. The maximum atomic E-state index is 12.6. The Labute approximate surface area is 231 Å². The van der Waals surface area contributed by atoms with E-state index in [0.29, 0.717) is 11.0 Å². The summed E-state index contributed by atoms with van der Waals surface area (Å²) in [5, 5.41) is 14.7. The van der Waals surface area contributed by atoms with Crippen LogP contribution >= 0.6 is 11.8 Å². The molecular weight excluding hydrogens is 508 g/mol. The molecule has 5 aromatic rings.